The fourth-order valence-corrected chi connectivity index (χ4v) is 5.61. The quantitative estimate of drug-likeness (QED) is 0.360. The Bertz CT molecular complexity index is 1290. The number of amides is 1. The summed E-state index contributed by atoms with van der Waals surface area (Å²) in [5, 5.41) is 3.40. The van der Waals surface area contributed by atoms with Crippen LogP contribution in [0, 0.1) is 20.8 Å². The second-order valence-electron chi connectivity index (χ2n) is 8.40. The number of carbonyl (C=O) groups excluding carboxylic acids is 1. The first-order valence-electron chi connectivity index (χ1n) is 10.8. The van der Waals surface area contributed by atoms with Gasteiger partial charge in [0.1, 0.15) is 0 Å². The average Bonchev–Trinajstić information content (AvgIpc) is 2.77. The Morgan fingerprint density at radius 1 is 1.00 bits per heavy atom. The highest BCUT2D eigenvalue weighted by Gasteiger charge is 2.28. The van der Waals surface area contributed by atoms with Crippen LogP contribution < -0.4 is 5.32 Å². The van der Waals surface area contributed by atoms with Gasteiger partial charge in [-0.25, -0.2) is 8.42 Å². The molecule has 1 amide bonds. The highest BCUT2D eigenvalue weighted by atomic mass is 79.9. The molecule has 180 valence electrons. The smallest absolute Gasteiger partial charge is 0.243 e. The number of carbonyl (C=O) groups is 1. The Hall–Kier alpha value is -2.19. The number of nitrogens with zero attached hydrogens (tertiary/aromatic N) is 1. The van der Waals surface area contributed by atoms with Crippen LogP contribution >= 0.6 is 27.5 Å². The predicted octanol–water partition coefficient (Wildman–Crippen LogP) is 6.10. The first-order valence-corrected chi connectivity index (χ1v) is 13.5. The summed E-state index contributed by atoms with van der Waals surface area (Å²) in [7, 11) is -3.96. The van der Waals surface area contributed by atoms with E-state index in [0.717, 1.165) is 25.5 Å². The summed E-state index contributed by atoms with van der Waals surface area (Å²) in [4.78, 5) is 13.2. The summed E-state index contributed by atoms with van der Waals surface area (Å²) in [6.45, 7) is 7.63. The van der Waals surface area contributed by atoms with Gasteiger partial charge < -0.3 is 5.32 Å². The van der Waals surface area contributed by atoms with Gasteiger partial charge in [-0.1, -0.05) is 57.9 Å². The second kappa shape index (κ2) is 11.0. The first kappa shape index (κ1) is 26.4. The summed E-state index contributed by atoms with van der Waals surface area (Å²) >= 11 is 9.63. The number of rotatable bonds is 8. The number of hydrogen-bond acceptors (Lipinski definition) is 3. The molecule has 0 unspecified atom stereocenters. The maximum Gasteiger partial charge on any atom is 0.243 e. The number of aryl methyl sites for hydroxylation is 3. The molecular weight excluding hydrogens is 536 g/mol. The zero-order valence-electron chi connectivity index (χ0n) is 19.6. The standard InChI is InChI=1S/C26H28BrClN2O3S/c1-17-13-19(3)24(14-18(17)2)20(4)29-26(31)16-30(15-21-7-5-6-8-25(21)28)34(32,33)23-11-9-22(27)10-12-23/h5-14,20H,15-16H2,1-4H3,(H,29,31)/t20-/m1/s1. The normalized spacial score (nSPS) is 12.6. The number of benzene rings is 3. The van der Waals surface area contributed by atoms with E-state index in [4.69, 9.17) is 11.6 Å². The Balaban J connectivity index is 1.87. The first-order chi connectivity index (χ1) is 16.0. The second-order valence-corrected chi connectivity index (χ2v) is 11.7. The SMILES string of the molecule is Cc1cc(C)c([C@@H](C)NC(=O)CN(Cc2ccccc2Cl)S(=O)(=O)c2ccc(Br)cc2)cc1C. The van der Waals surface area contributed by atoms with Crippen LogP contribution in [0.1, 0.15) is 40.8 Å². The van der Waals surface area contributed by atoms with Crippen LogP contribution in [-0.4, -0.2) is 25.2 Å². The van der Waals surface area contributed by atoms with Gasteiger partial charge in [0.15, 0.2) is 0 Å². The van der Waals surface area contributed by atoms with Gasteiger partial charge in [0.05, 0.1) is 17.5 Å². The molecule has 3 rings (SSSR count). The van der Waals surface area contributed by atoms with Crippen LogP contribution in [0.15, 0.2) is 70.0 Å². The molecule has 0 fully saturated rings. The zero-order chi connectivity index (χ0) is 25.0. The lowest BCUT2D eigenvalue weighted by atomic mass is 9.96. The van der Waals surface area contributed by atoms with Crippen molar-refractivity contribution in [2.24, 2.45) is 0 Å². The lowest BCUT2D eigenvalue weighted by Gasteiger charge is -2.24. The van der Waals surface area contributed by atoms with Crippen molar-refractivity contribution in [3.8, 4) is 0 Å². The lowest BCUT2D eigenvalue weighted by molar-refractivity contribution is -0.122. The Morgan fingerprint density at radius 2 is 1.62 bits per heavy atom. The van der Waals surface area contributed by atoms with Crippen LogP contribution in [0.3, 0.4) is 0 Å². The fraction of sp³-hybridized carbons (Fsp3) is 0.269. The highest BCUT2D eigenvalue weighted by molar-refractivity contribution is 9.10. The molecular formula is C26H28BrClN2O3S. The van der Waals surface area contributed by atoms with E-state index in [2.05, 4.69) is 40.3 Å². The molecule has 0 heterocycles. The van der Waals surface area contributed by atoms with Gasteiger partial charge in [-0.15, -0.1) is 0 Å². The molecule has 0 spiro atoms. The zero-order valence-corrected chi connectivity index (χ0v) is 22.8. The summed E-state index contributed by atoms with van der Waals surface area (Å²) in [6, 6.07) is 17.2. The summed E-state index contributed by atoms with van der Waals surface area (Å²) in [5.74, 6) is -0.391. The van der Waals surface area contributed by atoms with Gasteiger partial charge in [-0.2, -0.15) is 4.31 Å². The largest absolute Gasteiger partial charge is 0.348 e. The van der Waals surface area contributed by atoms with E-state index >= 15 is 0 Å². The maximum atomic E-state index is 13.5. The molecule has 0 saturated carbocycles. The number of halogens is 2. The molecule has 3 aromatic rings. The van der Waals surface area contributed by atoms with E-state index in [1.807, 2.05) is 20.8 Å². The van der Waals surface area contributed by atoms with Crippen molar-refractivity contribution < 1.29 is 13.2 Å². The minimum atomic E-state index is -3.96. The van der Waals surface area contributed by atoms with Gasteiger partial charge in [0, 0.05) is 16.0 Å². The van der Waals surface area contributed by atoms with Crippen molar-refractivity contribution in [1.82, 2.24) is 9.62 Å². The Morgan fingerprint density at radius 3 is 2.26 bits per heavy atom. The highest BCUT2D eigenvalue weighted by Crippen LogP contribution is 2.25. The fourth-order valence-electron chi connectivity index (χ4n) is 3.77. The van der Waals surface area contributed by atoms with Gasteiger partial charge in [0.25, 0.3) is 0 Å². The van der Waals surface area contributed by atoms with Crippen molar-refractivity contribution in [3.05, 3.63) is 98.0 Å². The van der Waals surface area contributed by atoms with E-state index in [0.29, 0.717) is 10.6 Å². The summed E-state index contributed by atoms with van der Waals surface area (Å²) < 4.78 is 28.9. The molecule has 8 heteroatoms. The van der Waals surface area contributed by atoms with Crippen molar-refractivity contribution in [2.75, 3.05) is 6.54 Å². The van der Waals surface area contributed by atoms with Gasteiger partial charge >= 0.3 is 0 Å². The van der Waals surface area contributed by atoms with E-state index in [9.17, 15) is 13.2 Å². The predicted molar refractivity (Wildman–Crippen MR) is 140 cm³/mol. The van der Waals surface area contributed by atoms with E-state index in [-0.39, 0.29) is 24.0 Å². The van der Waals surface area contributed by atoms with E-state index in [1.54, 1.807) is 36.4 Å². The molecule has 34 heavy (non-hydrogen) atoms. The van der Waals surface area contributed by atoms with Gasteiger partial charge in [-0.05, 0) is 85.8 Å². The third kappa shape index (κ3) is 6.27. The van der Waals surface area contributed by atoms with Crippen LogP contribution in [0.25, 0.3) is 0 Å². The third-order valence-corrected chi connectivity index (χ3v) is 8.51. The maximum absolute atomic E-state index is 13.5. The molecule has 0 aliphatic rings. The summed E-state index contributed by atoms with van der Waals surface area (Å²) in [6.07, 6.45) is 0. The Kier molecular flexibility index (Phi) is 8.57. The Labute approximate surface area is 215 Å². The molecule has 0 saturated heterocycles. The van der Waals surface area contributed by atoms with Crippen molar-refractivity contribution >= 4 is 43.5 Å². The molecule has 0 aromatic heterocycles. The van der Waals surface area contributed by atoms with Crippen LogP contribution in [0.5, 0.6) is 0 Å². The molecule has 0 radical (unpaired) electrons. The number of sulfonamides is 1. The van der Waals surface area contributed by atoms with Gasteiger partial charge in [0.2, 0.25) is 15.9 Å². The molecule has 1 N–H and O–H groups in total. The van der Waals surface area contributed by atoms with Crippen molar-refractivity contribution in [2.45, 2.75) is 45.2 Å². The molecule has 0 bridgehead atoms. The molecule has 5 nitrogen and oxygen atoms in total. The van der Waals surface area contributed by atoms with Crippen molar-refractivity contribution in [3.63, 3.8) is 0 Å². The van der Waals surface area contributed by atoms with Crippen LogP contribution in [0.2, 0.25) is 5.02 Å². The molecule has 0 aliphatic heterocycles. The topological polar surface area (TPSA) is 66.5 Å². The van der Waals surface area contributed by atoms with Crippen molar-refractivity contribution in [1.29, 1.82) is 0 Å². The monoisotopic (exact) mass is 562 g/mol. The molecule has 1 atom stereocenters. The number of nitrogens with one attached hydrogen (secondary N) is 1. The summed E-state index contributed by atoms with van der Waals surface area (Å²) in [5.41, 5.74) is 5.03. The van der Waals surface area contributed by atoms with E-state index < -0.39 is 15.9 Å². The minimum Gasteiger partial charge on any atom is -0.348 e. The molecule has 0 aliphatic carbocycles. The van der Waals surface area contributed by atoms with Crippen LogP contribution in [-0.2, 0) is 21.4 Å². The average molecular weight is 564 g/mol. The van der Waals surface area contributed by atoms with Crippen LogP contribution in [0.4, 0.5) is 0 Å². The third-order valence-electron chi connectivity index (χ3n) is 5.80. The van der Waals surface area contributed by atoms with E-state index in [1.165, 1.54) is 17.7 Å². The lowest BCUT2D eigenvalue weighted by Crippen LogP contribution is -2.41. The van der Waals surface area contributed by atoms with Gasteiger partial charge in [-0.3, -0.25) is 4.79 Å². The number of hydrogen-bond donors (Lipinski definition) is 1. The minimum absolute atomic E-state index is 0.0253. The molecule has 3 aromatic carbocycles.